The molecule has 7 heteroatoms. The molecule has 0 aromatic carbocycles. The summed E-state index contributed by atoms with van der Waals surface area (Å²) in [6, 6.07) is 0.374. The molecule has 1 aliphatic heterocycles. The third-order valence-corrected chi connectivity index (χ3v) is 5.22. The van der Waals surface area contributed by atoms with E-state index in [0.717, 1.165) is 49.1 Å². The van der Waals surface area contributed by atoms with Crippen molar-refractivity contribution in [2.75, 3.05) is 18.0 Å². The van der Waals surface area contributed by atoms with Crippen molar-refractivity contribution in [3.8, 4) is 0 Å². The number of hydrogen-bond donors (Lipinski definition) is 1. The van der Waals surface area contributed by atoms with E-state index in [-0.39, 0.29) is 11.8 Å². The Labute approximate surface area is 140 Å². The van der Waals surface area contributed by atoms with E-state index in [1.54, 1.807) is 0 Å². The third kappa shape index (κ3) is 2.83. The molecular weight excluding hydrogens is 306 g/mol. The average Bonchev–Trinajstić information content (AvgIpc) is 3.25. The molecule has 0 radical (unpaired) electrons. The highest BCUT2D eigenvalue weighted by Gasteiger charge is 2.30. The van der Waals surface area contributed by atoms with Gasteiger partial charge in [0.15, 0.2) is 0 Å². The number of aryl methyl sites for hydroxylation is 1. The van der Waals surface area contributed by atoms with E-state index in [1.807, 2.05) is 6.92 Å². The van der Waals surface area contributed by atoms with E-state index < -0.39 is 0 Å². The van der Waals surface area contributed by atoms with Crippen molar-refractivity contribution in [3.63, 3.8) is 0 Å². The molecule has 2 fully saturated rings. The van der Waals surface area contributed by atoms with Crippen LogP contribution in [0.3, 0.4) is 0 Å². The summed E-state index contributed by atoms with van der Waals surface area (Å²) in [7, 11) is 0. The fourth-order valence-corrected chi connectivity index (χ4v) is 3.92. The monoisotopic (exact) mass is 329 g/mol. The lowest BCUT2D eigenvalue weighted by Crippen LogP contribution is -2.45. The van der Waals surface area contributed by atoms with Crippen LogP contribution in [0.1, 0.15) is 44.2 Å². The summed E-state index contributed by atoms with van der Waals surface area (Å²) in [5, 5.41) is 8.08. The van der Waals surface area contributed by atoms with Crippen molar-refractivity contribution in [1.82, 2.24) is 20.4 Å². The average molecular weight is 329 g/mol. The summed E-state index contributed by atoms with van der Waals surface area (Å²) in [6.07, 6.45) is 8.12. The quantitative estimate of drug-likeness (QED) is 0.929. The van der Waals surface area contributed by atoms with Crippen LogP contribution in [0.15, 0.2) is 10.9 Å². The Hall–Kier alpha value is -2.18. The smallest absolute Gasteiger partial charge is 0.263 e. The second-order valence-electron chi connectivity index (χ2n) is 6.92. The third-order valence-electron chi connectivity index (χ3n) is 5.22. The van der Waals surface area contributed by atoms with Gasteiger partial charge in [-0.2, -0.15) is 4.98 Å². The lowest BCUT2D eigenvalue weighted by molar-refractivity contribution is -0.125. The minimum Gasteiger partial charge on any atom is -0.355 e. The van der Waals surface area contributed by atoms with Gasteiger partial charge >= 0.3 is 0 Å². The molecule has 0 spiro atoms. The molecule has 0 bridgehead atoms. The number of aromatic nitrogens is 3. The van der Waals surface area contributed by atoms with Crippen LogP contribution in [0.5, 0.6) is 0 Å². The maximum Gasteiger partial charge on any atom is 0.263 e. The van der Waals surface area contributed by atoms with E-state index in [1.165, 1.54) is 19.2 Å². The van der Waals surface area contributed by atoms with Crippen LogP contribution in [-0.4, -0.2) is 40.2 Å². The molecule has 7 nitrogen and oxygen atoms in total. The van der Waals surface area contributed by atoms with Gasteiger partial charge in [-0.1, -0.05) is 18.0 Å². The molecule has 1 saturated heterocycles. The first kappa shape index (κ1) is 15.4. The SMILES string of the molecule is Cc1noc2ncnc(N3CCC[C@H](C(=O)NC4CCCC4)C3)c12. The highest BCUT2D eigenvalue weighted by Crippen LogP contribution is 2.29. The standard InChI is InChI=1S/C17H23N5O2/c1-11-14-15(18-10-19-17(14)24-21-11)22-8-4-5-12(9-22)16(23)20-13-6-2-3-7-13/h10,12-13H,2-9H2,1H3,(H,20,23)/t12-/m0/s1. The first-order valence-corrected chi connectivity index (χ1v) is 8.84. The Bertz CT molecular complexity index is 738. The maximum atomic E-state index is 12.6. The van der Waals surface area contributed by atoms with Crippen molar-refractivity contribution in [3.05, 3.63) is 12.0 Å². The summed E-state index contributed by atoms with van der Waals surface area (Å²) >= 11 is 0. The summed E-state index contributed by atoms with van der Waals surface area (Å²) < 4.78 is 5.24. The van der Waals surface area contributed by atoms with Crippen LogP contribution in [0.25, 0.3) is 11.1 Å². The molecule has 1 amide bonds. The number of fused-ring (bicyclic) bond motifs is 1. The zero-order valence-electron chi connectivity index (χ0n) is 14.0. The van der Waals surface area contributed by atoms with E-state index in [4.69, 9.17) is 4.52 Å². The fraction of sp³-hybridized carbons (Fsp3) is 0.647. The Balaban J connectivity index is 1.51. The molecule has 128 valence electrons. The number of rotatable bonds is 3. The number of carbonyl (C=O) groups is 1. The van der Waals surface area contributed by atoms with Gasteiger partial charge < -0.3 is 14.7 Å². The molecule has 2 aromatic rings. The number of anilines is 1. The molecule has 3 heterocycles. The predicted octanol–water partition coefficient (Wildman–Crippen LogP) is 2.20. The summed E-state index contributed by atoms with van der Waals surface area (Å²) in [5.74, 6) is 1.04. The van der Waals surface area contributed by atoms with Crippen molar-refractivity contribution in [1.29, 1.82) is 0 Å². The zero-order valence-corrected chi connectivity index (χ0v) is 14.0. The maximum absolute atomic E-state index is 12.6. The number of nitrogens with zero attached hydrogens (tertiary/aromatic N) is 4. The number of carbonyl (C=O) groups excluding carboxylic acids is 1. The molecule has 1 atom stereocenters. The molecule has 2 aliphatic rings. The van der Waals surface area contributed by atoms with Gasteiger partial charge in [0.1, 0.15) is 17.5 Å². The van der Waals surface area contributed by atoms with Crippen molar-refractivity contribution >= 4 is 22.8 Å². The van der Waals surface area contributed by atoms with Crippen molar-refractivity contribution in [2.45, 2.75) is 51.5 Å². The van der Waals surface area contributed by atoms with Gasteiger partial charge in [-0.3, -0.25) is 4.79 Å². The minimum absolute atomic E-state index is 0.0181. The molecule has 24 heavy (non-hydrogen) atoms. The van der Waals surface area contributed by atoms with Crippen LogP contribution >= 0.6 is 0 Å². The van der Waals surface area contributed by atoms with Gasteiger partial charge in [0.2, 0.25) is 5.91 Å². The molecule has 0 unspecified atom stereocenters. The van der Waals surface area contributed by atoms with Gasteiger partial charge in [0, 0.05) is 19.1 Å². The Morgan fingerprint density at radius 1 is 1.25 bits per heavy atom. The first-order valence-electron chi connectivity index (χ1n) is 8.84. The van der Waals surface area contributed by atoms with Gasteiger partial charge in [-0.25, -0.2) is 4.98 Å². The first-order chi connectivity index (χ1) is 11.7. The van der Waals surface area contributed by atoms with E-state index in [9.17, 15) is 4.79 Å². The van der Waals surface area contributed by atoms with Crippen LogP contribution in [-0.2, 0) is 4.79 Å². The van der Waals surface area contributed by atoms with Crippen LogP contribution in [0, 0.1) is 12.8 Å². The van der Waals surface area contributed by atoms with Gasteiger partial charge in [-0.05, 0) is 32.6 Å². The van der Waals surface area contributed by atoms with Gasteiger partial charge in [-0.15, -0.1) is 0 Å². The van der Waals surface area contributed by atoms with Gasteiger partial charge in [0.05, 0.1) is 11.6 Å². The molecule has 1 saturated carbocycles. The lowest BCUT2D eigenvalue weighted by Gasteiger charge is -2.33. The molecule has 1 N–H and O–H groups in total. The Kier molecular flexibility index (Phi) is 4.08. The Morgan fingerprint density at radius 2 is 2.08 bits per heavy atom. The van der Waals surface area contributed by atoms with Gasteiger partial charge in [0.25, 0.3) is 5.71 Å². The van der Waals surface area contributed by atoms with Crippen molar-refractivity contribution in [2.24, 2.45) is 5.92 Å². The highest BCUT2D eigenvalue weighted by molar-refractivity contribution is 5.88. The predicted molar refractivity (Wildman–Crippen MR) is 89.7 cm³/mol. The van der Waals surface area contributed by atoms with E-state index >= 15 is 0 Å². The second kappa shape index (κ2) is 6.37. The number of amides is 1. The molecule has 1 aliphatic carbocycles. The number of nitrogens with one attached hydrogen (secondary N) is 1. The summed E-state index contributed by atoms with van der Waals surface area (Å²) in [5.41, 5.74) is 1.30. The minimum atomic E-state index is 0.0181. The summed E-state index contributed by atoms with van der Waals surface area (Å²) in [4.78, 5) is 23.4. The van der Waals surface area contributed by atoms with E-state index in [2.05, 4.69) is 25.3 Å². The second-order valence-corrected chi connectivity index (χ2v) is 6.92. The molecular formula is C17H23N5O2. The zero-order chi connectivity index (χ0) is 16.5. The van der Waals surface area contributed by atoms with Crippen LogP contribution in [0.2, 0.25) is 0 Å². The highest BCUT2D eigenvalue weighted by atomic mass is 16.5. The van der Waals surface area contributed by atoms with Crippen LogP contribution < -0.4 is 10.2 Å². The molecule has 2 aromatic heterocycles. The normalized spacial score (nSPS) is 22.2. The number of piperidine rings is 1. The molecule has 4 rings (SSSR count). The number of hydrogen-bond acceptors (Lipinski definition) is 6. The fourth-order valence-electron chi connectivity index (χ4n) is 3.92. The topological polar surface area (TPSA) is 84.2 Å². The Morgan fingerprint density at radius 3 is 2.92 bits per heavy atom. The lowest BCUT2D eigenvalue weighted by atomic mass is 9.96. The van der Waals surface area contributed by atoms with E-state index in [0.29, 0.717) is 18.3 Å². The summed E-state index contributed by atoms with van der Waals surface area (Å²) in [6.45, 7) is 3.48. The largest absolute Gasteiger partial charge is 0.355 e. The van der Waals surface area contributed by atoms with Crippen LogP contribution in [0.4, 0.5) is 5.82 Å². The van der Waals surface area contributed by atoms with Crippen molar-refractivity contribution < 1.29 is 9.32 Å².